The van der Waals surface area contributed by atoms with Crippen LogP contribution in [0, 0.1) is 18.8 Å². The predicted octanol–water partition coefficient (Wildman–Crippen LogP) is 4.18. The van der Waals surface area contributed by atoms with Gasteiger partial charge in [0.2, 0.25) is 5.91 Å². The molecule has 158 valence electrons. The fourth-order valence-electron chi connectivity index (χ4n) is 6.12. The predicted molar refractivity (Wildman–Crippen MR) is 119 cm³/mol. The Balaban J connectivity index is 1.51. The molecule has 3 heterocycles. The summed E-state index contributed by atoms with van der Waals surface area (Å²) in [7, 11) is 0. The molecule has 2 aromatic rings. The monoisotopic (exact) mass is 403 g/mol. The molecule has 1 unspecified atom stereocenters. The van der Waals surface area contributed by atoms with E-state index < -0.39 is 0 Å². The van der Waals surface area contributed by atoms with E-state index in [9.17, 15) is 4.79 Å². The quantitative estimate of drug-likeness (QED) is 0.818. The number of rotatable bonds is 2. The van der Waals surface area contributed by atoms with Gasteiger partial charge in [-0.2, -0.15) is 0 Å². The number of nitrogens with one attached hydrogen (secondary N) is 1. The van der Waals surface area contributed by atoms with Crippen molar-refractivity contribution >= 4 is 5.91 Å². The van der Waals surface area contributed by atoms with Crippen LogP contribution in [0.4, 0.5) is 0 Å². The fourth-order valence-corrected chi connectivity index (χ4v) is 6.12. The van der Waals surface area contributed by atoms with Gasteiger partial charge in [0, 0.05) is 30.7 Å². The van der Waals surface area contributed by atoms with Gasteiger partial charge in [-0.1, -0.05) is 43.3 Å². The number of amides is 1. The minimum atomic E-state index is -0.152. The van der Waals surface area contributed by atoms with Crippen LogP contribution in [0.3, 0.4) is 0 Å². The summed E-state index contributed by atoms with van der Waals surface area (Å²) in [5.41, 5.74) is 4.72. The number of pyridine rings is 1. The molecule has 2 fully saturated rings. The van der Waals surface area contributed by atoms with E-state index in [-0.39, 0.29) is 17.4 Å². The van der Waals surface area contributed by atoms with Crippen molar-refractivity contribution in [1.29, 1.82) is 0 Å². The molecule has 2 aliphatic heterocycles. The van der Waals surface area contributed by atoms with Crippen LogP contribution in [0.2, 0.25) is 0 Å². The van der Waals surface area contributed by atoms with Crippen LogP contribution in [0.25, 0.3) is 0 Å². The van der Waals surface area contributed by atoms with Crippen molar-refractivity contribution in [2.75, 3.05) is 19.6 Å². The highest BCUT2D eigenvalue weighted by molar-refractivity contribution is 5.82. The van der Waals surface area contributed by atoms with Gasteiger partial charge in [-0.05, 0) is 62.1 Å². The fraction of sp³-hybridized carbons (Fsp3) is 0.538. The minimum Gasteiger partial charge on any atom is -0.335 e. The number of likely N-dealkylation sites (tertiary alicyclic amines) is 1. The number of aryl methyl sites for hydroxylation is 2. The molecule has 2 saturated heterocycles. The van der Waals surface area contributed by atoms with Crippen molar-refractivity contribution < 1.29 is 4.79 Å². The van der Waals surface area contributed by atoms with E-state index in [1.807, 2.05) is 0 Å². The van der Waals surface area contributed by atoms with Gasteiger partial charge in [-0.3, -0.25) is 9.78 Å². The number of fused-ring (bicyclic) bond motifs is 2. The molecule has 1 N–H and O–H groups in total. The topological polar surface area (TPSA) is 45.2 Å². The van der Waals surface area contributed by atoms with Gasteiger partial charge >= 0.3 is 0 Å². The van der Waals surface area contributed by atoms with Gasteiger partial charge in [0.05, 0.1) is 17.7 Å². The summed E-state index contributed by atoms with van der Waals surface area (Å²) < 4.78 is 0. The number of carbonyl (C=O) groups excluding carboxylic acids is 1. The Hall–Kier alpha value is -2.20. The lowest BCUT2D eigenvalue weighted by Crippen LogP contribution is -2.50. The van der Waals surface area contributed by atoms with Crippen LogP contribution in [-0.2, 0) is 16.6 Å². The number of hydrogen-bond donors (Lipinski definition) is 1. The summed E-state index contributed by atoms with van der Waals surface area (Å²) in [6.45, 7) is 6.88. The molecule has 4 atom stereocenters. The molecule has 0 radical (unpaired) electrons. The number of aromatic nitrogens is 1. The first-order valence-corrected chi connectivity index (χ1v) is 11.6. The van der Waals surface area contributed by atoms with Crippen LogP contribution in [0.15, 0.2) is 42.5 Å². The van der Waals surface area contributed by atoms with Crippen molar-refractivity contribution in [2.24, 2.45) is 11.8 Å². The molecule has 1 aromatic heterocycles. The van der Waals surface area contributed by atoms with Crippen molar-refractivity contribution in [1.82, 2.24) is 15.2 Å². The lowest BCUT2D eigenvalue weighted by atomic mass is 9.66. The van der Waals surface area contributed by atoms with Gasteiger partial charge in [0.25, 0.3) is 0 Å². The minimum absolute atomic E-state index is 0.0227. The first kappa shape index (κ1) is 19.7. The Labute approximate surface area is 180 Å². The molecule has 0 bridgehead atoms. The molecule has 4 nitrogen and oxygen atoms in total. The molecule has 1 aromatic carbocycles. The summed E-state index contributed by atoms with van der Waals surface area (Å²) >= 11 is 0. The number of piperidine rings is 1. The Morgan fingerprint density at radius 2 is 2.03 bits per heavy atom. The largest absolute Gasteiger partial charge is 0.335 e. The molecule has 0 saturated carbocycles. The average Bonchev–Trinajstić information content (AvgIpc) is 3.18. The third-order valence-electron chi connectivity index (χ3n) is 7.74. The normalized spacial score (nSPS) is 31.0. The van der Waals surface area contributed by atoms with Crippen LogP contribution in [0.1, 0.15) is 61.2 Å². The number of hydrogen-bond acceptors (Lipinski definition) is 3. The first-order valence-electron chi connectivity index (χ1n) is 11.6. The van der Waals surface area contributed by atoms with Gasteiger partial charge < -0.3 is 10.2 Å². The molecular weight excluding hydrogens is 370 g/mol. The lowest BCUT2D eigenvalue weighted by molar-refractivity contribution is -0.141. The highest BCUT2D eigenvalue weighted by Crippen LogP contribution is 2.46. The number of benzene rings is 1. The summed E-state index contributed by atoms with van der Waals surface area (Å²) in [5, 5.41) is 3.59. The molecule has 1 amide bonds. The third kappa shape index (κ3) is 3.26. The second-order valence-electron chi connectivity index (χ2n) is 9.74. The maximum absolute atomic E-state index is 14.1. The van der Waals surface area contributed by atoms with Crippen molar-refractivity contribution in [2.45, 2.75) is 57.4 Å². The maximum atomic E-state index is 14.1. The summed E-state index contributed by atoms with van der Waals surface area (Å²) in [6.07, 6.45) is 5.43. The zero-order chi connectivity index (χ0) is 20.7. The van der Waals surface area contributed by atoms with E-state index in [1.165, 1.54) is 16.8 Å². The Morgan fingerprint density at radius 1 is 1.20 bits per heavy atom. The molecule has 4 heteroatoms. The van der Waals surface area contributed by atoms with Gasteiger partial charge in [-0.25, -0.2) is 0 Å². The van der Waals surface area contributed by atoms with E-state index in [0.717, 1.165) is 57.4 Å². The van der Waals surface area contributed by atoms with Gasteiger partial charge in [0.1, 0.15) is 0 Å². The number of nitrogens with zero attached hydrogens (tertiary/aromatic N) is 2. The summed E-state index contributed by atoms with van der Waals surface area (Å²) in [4.78, 5) is 21.3. The summed E-state index contributed by atoms with van der Waals surface area (Å²) in [6, 6.07) is 15.2. The average molecular weight is 404 g/mol. The highest BCUT2D eigenvalue weighted by atomic mass is 16.2. The van der Waals surface area contributed by atoms with Gasteiger partial charge in [-0.15, -0.1) is 0 Å². The standard InChI is InChI=1S/C26H33N3O/c1-18-12-14-29(23(15-18)20-7-4-3-5-8-20)25(30)22-16-27-17-26(22)13-6-9-21-11-10-19(2)28-24(21)26/h3-5,7-8,10-11,18,22-23,27H,6,9,12-17H2,1-2H3/t18-,22?,23+,26-/m1/s1. The molecule has 3 aliphatic rings. The lowest BCUT2D eigenvalue weighted by Gasteiger charge is -2.44. The highest BCUT2D eigenvalue weighted by Gasteiger charge is 2.52. The Morgan fingerprint density at radius 3 is 2.87 bits per heavy atom. The van der Waals surface area contributed by atoms with Crippen molar-refractivity contribution in [3.8, 4) is 0 Å². The third-order valence-corrected chi connectivity index (χ3v) is 7.74. The van der Waals surface area contributed by atoms with E-state index in [4.69, 9.17) is 4.98 Å². The smallest absolute Gasteiger partial charge is 0.228 e. The van der Waals surface area contributed by atoms with E-state index in [1.54, 1.807) is 0 Å². The van der Waals surface area contributed by atoms with Gasteiger partial charge in [0.15, 0.2) is 0 Å². The second-order valence-corrected chi connectivity index (χ2v) is 9.74. The molecule has 1 aliphatic carbocycles. The molecule has 1 spiro atoms. The van der Waals surface area contributed by atoms with E-state index in [0.29, 0.717) is 11.8 Å². The maximum Gasteiger partial charge on any atom is 0.228 e. The Kier molecular flexibility index (Phi) is 5.14. The van der Waals surface area contributed by atoms with Crippen LogP contribution in [0.5, 0.6) is 0 Å². The molecular formula is C26H33N3O. The van der Waals surface area contributed by atoms with Crippen molar-refractivity contribution in [3.63, 3.8) is 0 Å². The molecule has 30 heavy (non-hydrogen) atoms. The zero-order valence-electron chi connectivity index (χ0n) is 18.2. The van der Waals surface area contributed by atoms with Crippen LogP contribution >= 0.6 is 0 Å². The van der Waals surface area contributed by atoms with Crippen LogP contribution in [-0.4, -0.2) is 35.4 Å². The first-order chi connectivity index (χ1) is 14.6. The SMILES string of the molecule is Cc1ccc2c(n1)[C@]1(CCC2)CNCC1C(=O)N1CC[C@@H](C)C[C@H]1c1ccccc1. The Bertz CT molecular complexity index is 927. The molecule has 5 rings (SSSR count). The zero-order valence-corrected chi connectivity index (χ0v) is 18.2. The van der Waals surface area contributed by atoms with Crippen molar-refractivity contribution in [3.05, 3.63) is 65.0 Å². The van der Waals surface area contributed by atoms with Crippen LogP contribution < -0.4 is 5.32 Å². The van der Waals surface area contributed by atoms with E-state index in [2.05, 4.69) is 66.5 Å². The number of carbonyl (C=O) groups is 1. The van der Waals surface area contributed by atoms with E-state index >= 15 is 0 Å². The summed E-state index contributed by atoms with van der Waals surface area (Å²) in [5.74, 6) is 0.956. The second kappa shape index (κ2) is 7.81.